The van der Waals surface area contributed by atoms with Crippen molar-refractivity contribution in [3.05, 3.63) is 54.6 Å². The van der Waals surface area contributed by atoms with E-state index >= 15 is 0 Å². The van der Waals surface area contributed by atoms with Gasteiger partial charge in [0.25, 0.3) is 5.91 Å². The van der Waals surface area contributed by atoms with Crippen molar-refractivity contribution >= 4 is 23.2 Å². The Morgan fingerprint density at radius 2 is 1.48 bits per heavy atom. The third kappa shape index (κ3) is 4.77. The Morgan fingerprint density at radius 3 is 2.24 bits per heavy atom. The minimum absolute atomic E-state index is 0.0399. The zero-order valence-corrected chi connectivity index (χ0v) is 19.1. The van der Waals surface area contributed by atoms with Crippen LogP contribution in [0.25, 0.3) is 0 Å². The molecule has 3 aliphatic rings. The first-order valence-electron chi connectivity index (χ1n) is 12.1. The molecule has 0 aromatic heterocycles. The smallest absolute Gasteiger partial charge is 0.265 e. The van der Waals surface area contributed by atoms with E-state index in [4.69, 9.17) is 4.74 Å². The van der Waals surface area contributed by atoms with Crippen LogP contribution < -0.4 is 14.5 Å². The molecule has 0 spiro atoms. The Hall–Kier alpha value is -3.22. The van der Waals surface area contributed by atoms with E-state index in [2.05, 4.69) is 17.0 Å². The summed E-state index contributed by atoms with van der Waals surface area (Å²) in [5, 5.41) is 0. The van der Waals surface area contributed by atoms with Gasteiger partial charge in [-0.2, -0.15) is 0 Å². The molecule has 7 heteroatoms. The quantitative estimate of drug-likeness (QED) is 0.720. The lowest BCUT2D eigenvalue weighted by Crippen LogP contribution is -2.55. The summed E-state index contributed by atoms with van der Waals surface area (Å²) >= 11 is 0. The molecule has 33 heavy (non-hydrogen) atoms. The molecule has 0 N–H and O–H groups in total. The van der Waals surface area contributed by atoms with Gasteiger partial charge in [-0.1, -0.05) is 30.3 Å². The van der Waals surface area contributed by atoms with E-state index < -0.39 is 6.10 Å². The number of carbonyl (C=O) groups excluding carboxylic acids is 2. The number of piperidine rings is 1. The molecular weight excluding hydrogens is 416 g/mol. The number of amides is 2. The third-order valence-corrected chi connectivity index (χ3v) is 6.88. The van der Waals surface area contributed by atoms with Gasteiger partial charge in [0, 0.05) is 45.0 Å². The van der Waals surface area contributed by atoms with Gasteiger partial charge in [0.2, 0.25) is 5.91 Å². The molecular formula is C26H32N4O3. The molecule has 7 nitrogen and oxygen atoms in total. The first-order chi connectivity index (χ1) is 16.2. The van der Waals surface area contributed by atoms with E-state index in [0.717, 1.165) is 44.7 Å². The van der Waals surface area contributed by atoms with Crippen LogP contribution >= 0.6 is 0 Å². The second-order valence-corrected chi connectivity index (χ2v) is 9.04. The zero-order chi connectivity index (χ0) is 22.6. The summed E-state index contributed by atoms with van der Waals surface area (Å²) in [4.78, 5) is 34.6. The van der Waals surface area contributed by atoms with Crippen LogP contribution in [-0.4, -0.2) is 80.1 Å². The molecule has 3 heterocycles. The summed E-state index contributed by atoms with van der Waals surface area (Å²) in [5.41, 5.74) is 2.09. The predicted molar refractivity (Wildman–Crippen MR) is 129 cm³/mol. The van der Waals surface area contributed by atoms with Gasteiger partial charge in [0.05, 0.1) is 18.8 Å². The van der Waals surface area contributed by atoms with Crippen LogP contribution in [0.4, 0.5) is 11.4 Å². The van der Waals surface area contributed by atoms with Gasteiger partial charge in [-0.05, 0) is 43.5 Å². The highest BCUT2D eigenvalue weighted by atomic mass is 16.5. The summed E-state index contributed by atoms with van der Waals surface area (Å²) in [7, 11) is 0. The van der Waals surface area contributed by atoms with Crippen molar-refractivity contribution in [1.82, 2.24) is 9.80 Å². The second kappa shape index (κ2) is 9.73. The highest BCUT2D eigenvalue weighted by Crippen LogP contribution is 2.33. The van der Waals surface area contributed by atoms with Gasteiger partial charge in [-0.15, -0.1) is 0 Å². The lowest BCUT2D eigenvalue weighted by atomic mass is 10.1. The lowest BCUT2D eigenvalue weighted by molar-refractivity contribution is -0.140. The molecule has 3 aliphatic heterocycles. The number of hydrogen-bond donors (Lipinski definition) is 0. The SMILES string of the molecule is O=C(CN1C[C@H](C(=O)N2CCCCC2)Oc2ccccc21)N1CCN(c2ccccc2)CC1. The summed E-state index contributed by atoms with van der Waals surface area (Å²) in [5.74, 6) is 0.822. The highest BCUT2D eigenvalue weighted by Gasteiger charge is 2.35. The number of nitrogens with zero attached hydrogens (tertiary/aromatic N) is 4. The first kappa shape index (κ1) is 21.6. The summed E-state index contributed by atoms with van der Waals surface area (Å²) < 4.78 is 6.10. The number of anilines is 2. The van der Waals surface area contributed by atoms with Gasteiger partial charge in [0.15, 0.2) is 6.10 Å². The number of para-hydroxylation sites is 3. The van der Waals surface area contributed by atoms with Crippen LogP contribution in [0.1, 0.15) is 19.3 Å². The van der Waals surface area contributed by atoms with E-state index in [1.54, 1.807) is 0 Å². The Labute approximate surface area is 195 Å². The number of piperazine rings is 1. The van der Waals surface area contributed by atoms with Gasteiger partial charge in [0.1, 0.15) is 5.75 Å². The average molecular weight is 449 g/mol. The van der Waals surface area contributed by atoms with E-state index in [1.807, 2.05) is 57.2 Å². The fourth-order valence-electron chi connectivity index (χ4n) is 5.02. The molecule has 2 aromatic rings. The lowest BCUT2D eigenvalue weighted by Gasteiger charge is -2.40. The van der Waals surface area contributed by atoms with Gasteiger partial charge >= 0.3 is 0 Å². The molecule has 2 saturated heterocycles. The van der Waals surface area contributed by atoms with Crippen molar-refractivity contribution in [2.75, 3.05) is 62.2 Å². The largest absolute Gasteiger partial charge is 0.477 e. The van der Waals surface area contributed by atoms with Crippen molar-refractivity contribution < 1.29 is 14.3 Å². The van der Waals surface area contributed by atoms with Crippen LogP contribution in [0, 0.1) is 0 Å². The number of hydrogen-bond acceptors (Lipinski definition) is 5. The van der Waals surface area contributed by atoms with Crippen LogP contribution in [0.15, 0.2) is 54.6 Å². The fourth-order valence-corrected chi connectivity index (χ4v) is 5.02. The molecule has 0 unspecified atom stereocenters. The van der Waals surface area contributed by atoms with Crippen molar-refractivity contribution in [3.63, 3.8) is 0 Å². The van der Waals surface area contributed by atoms with Crippen LogP contribution in [0.5, 0.6) is 5.75 Å². The first-order valence-corrected chi connectivity index (χ1v) is 12.1. The molecule has 174 valence electrons. The van der Waals surface area contributed by atoms with E-state index in [0.29, 0.717) is 25.4 Å². The van der Waals surface area contributed by atoms with Gasteiger partial charge < -0.3 is 24.3 Å². The van der Waals surface area contributed by atoms with Crippen molar-refractivity contribution in [2.24, 2.45) is 0 Å². The number of benzene rings is 2. The predicted octanol–water partition coefficient (Wildman–Crippen LogP) is 2.62. The summed E-state index contributed by atoms with van der Waals surface area (Å²) in [6.07, 6.45) is 2.70. The Bertz CT molecular complexity index is 969. The van der Waals surface area contributed by atoms with Gasteiger partial charge in [-0.3, -0.25) is 9.59 Å². The monoisotopic (exact) mass is 448 g/mol. The molecule has 0 aliphatic carbocycles. The normalized spacial score (nSPS) is 20.8. The average Bonchev–Trinajstić information content (AvgIpc) is 2.89. The third-order valence-electron chi connectivity index (χ3n) is 6.88. The number of likely N-dealkylation sites (tertiary alicyclic amines) is 1. The summed E-state index contributed by atoms with van der Waals surface area (Å²) in [6.45, 7) is 5.32. The molecule has 5 rings (SSSR count). The fraction of sp³-hybridized carbons (Fsp3) is 0.462. The maximum absolute atomic E-state index is 13.2. The zero-order valence-electron chi connectivity index (χ0n) is 19.1. The second-order valence-electron chi connectivity index (χ2n) is 9.04. The molecule has 0 saturated carbocycles. The van der Waals surface area contributed by atoms with E-state index in [9.17, 15) is 9.59 Å². The topological polar surface area (TPSA) is 56.3 Å². The molecule has 0 radical (unpaired) electrons. The van der Waals surface area contributed by atoms with Crippen molar-refractivity contribution in [3.8, 4) is 5.75 Å². The Morgan fingerprint density at radius 1 is 0.788 bits per heavy atom. The number of rotatable bonds is 4. The molecule has 2 amide bonds. The maximum Gasteiger partial charge on any atom is 0.265 e. The van der Waals surface area contributed by atoms with Crippen LogP contribution in [0.3, 0.4) is 0 Å². The highest BCUT2D eigenvalue weighted by molar-refractivity contribution is 5.86. The van der Waals surface area contributed by atoms with Gasteiger partial charge in [-0.25, -0.2) is 0 Å². The molecule has 1 atom stereocenters. The number of fused-ring (bicyclic) bond motifs is 1. The number of carbonyl (C=O) groups is 2. The van der Waals surface area contributed by atoms with Crippen LogP contribution in [-0.2, 0) is 9.59 Å². The molecule has 0 bridgehead atoms. The standard InChI is InChI=1S/C26H32N4O3/c31-25(28-17-15-27(16-18-28)21-9-3-1-4-10-21)20-30-19-24(26(32)29-13-7-2-8-14-29)33-23-12-6-5-11-22(23)30/h1,3-6,9-12,24H,2,7-8,13-20H2/t24-/m1/s1. The minimum Gasteiger partial charge on any atom is -0.477 e. The minimum atomic E-state index is -0.569. The number of ether oxygens (including phenoxy) is 1. The molecule has 2 aromatic carbocycles. The van der Waals surface area contributed by atoms with Crippen molar-refractivity contribution in [1.29, 1.82) is 0 Å². The van der Waals surface area contributed by atoms with E-state index in [1.165, 1.54) is 12.1 Å². The Balaban J connectivity index is 1.24. The summed E-state index contributed by atoms with van der Waals surface area (Å²) in [6, 6.07) is 18.1. The molecule has 2 fully saturated rings. The van der Waals surface area contributed by atoms with Crippen molar-refractivity contribution in [2.45, 2.75) is 25.4 Å². The Kier molecular flexibility index (Phi) is 6.37. The maximum atomic E-state index is 13.2. The van der Waals surface area contributed by atoms with Crippen LogP contribution in [0.2, 0.25) is 0 Å². The van der Waals surface area contributed by atoms with E-state index in [-0.39, 0.29) is 18.4 Å².